The van der Waals surface area contributed by atoms with Crippen LogP contribution in [0.2, 0.25) is 0 Å². The first kappa shape index (κ1) is 16.4. The van der Waals surface area contributed by atoms with Gasteiger partial charge >= 0.3 is 5.97 Å². The number of carbonyl (C=O) groups is 1. The zero-order valence-electron chi connectivity index (χ0n) is 11.8. The Hall–Kier alpha value is -0.610. The smallest absolute Gasteiger partial charge is 0.323 e. The van der Waals surface area contributed by atoms with Crippen molar-refractivity contribution in [3.8, 4) is 0 Å². The van der Waals surface area contributed by atoms with Crippen LogP contribution in [-0.4, -0.2) is 37.4 Å². The first-order valence-corrected chi connectivity index (χ1v) is 6.50. The highest BCUT2D eigenvalue weighted by atomic mass is 16.5. The topological polar surface area (TPSA) is 47.6 Å². The van der Waals surface area contributed by atoms with Crippen molar-refractivity contribution >= 4 is 5.97 Å². The highest BCUT2D eigenvalue weighted by Gasteiger charge is 2.23. The molecule has 0 aromatic rings. The number of hydrogen-bond acceptors (Lipinski definition) is 4. The van der Waals surface area contributed by atoms with Crippen LogP contribution in [0.3, 0.4) is 0 Å². The second kappa shape index (κ2) is 8.48. The van der Waals surface area contributed by atoms with Crippen molar-refractivity contribution in [2.45, 2.75) is 59.1 Å². The second-order valence-corrected chi connectivity index (χ2v) is 4.67. The van der Waals surface area contributed by atoms with Gasteiger partial charge in [0.25, 0.3) is 0 Å². The molecule has 0 aliphatic rings. The Morgan fingerprint density at radius 3 is 2.35 bits per heavy atom. The molecule has 0 spiro atoms. The molecular formula is C13H27NO3. The first-order chi connectivity index (χ1) is 7.96. The van der Waals surface area contributed by atoms with Gasteiger partial charge in [-0.25, -0.2) is 0 Å². The van der Waals surface area contributed by atoms with Crippen LogP contribution >= 0.6 is 0 Å². The summed E-state index contributed by atoms with van der Waals surface area (Å²) in [5.41, 5.74) is -0.257. The van der Waals surface area contributed by atoms with Crippen molar-refractivity contribution in [2.24, 2.45) is 0 Å². The van der Waals surface area contributed by atoms with Gasteiger partial charge in [0.1, 0.15) is 6.04 Å². The Kier molecular flexibility index (Phi) is 8.17. The quantitative estimate of drug-likeness (QED) is 0.632. The summed E-state index contributed by atoms with van der Waals surface area (Å²) in [6.45, 7) is 11.6. The minimum absolute atomic E-state index is 0.165. The first-order valence-electron chi connectivity index (χ1n) is 6.50. The number of esters is 1. The van der Waals surface area contributed by atoms with E-state index in [1.807, 2.05) is 27.7 Å². The molecule has 4 heteroatoms. The fourth-order valence-electron chi connectivity index (χ4n) is 1.65. The Balaban J connectivity index is 4.20. The van der Waals surface area contributed by atoms with Crippen LogP contribution in [0, 0.1) is 0 Å². The van der Waals surface area contributed by atoms with Crippen LogP contribution in [0.5, 0.6) is 0 Å². The minimum atomic E-state index is -0.257. The highest BCUT2D eigenvalue weighted by molar-refractivity contribution is 5.75. The third-order valence-electron chi connectivity index (χ3n) is 2.46. The van der Waals surface area contributed by atoms with Crippen molar-refractivity contribution in [1.82, 2.24) is 5.32 Å². The average molecular weight is 245 g/mol. The van der Waals surface area contributed by atoms with Gasteiger partial charge in [0.05, 0.1) is 12.2 Å². The number of hydrogen-bond donors (Lipinski definition) is 1. The molecule has 17 heavy (non-hydrogen) atoms. The summed E-state index contributed by atoms with van der Waals surface area (Å²) >= 11 is 0. The van der Waals surface area contributed by atoms with Gasteiger partial charge in [-0.2, -0.15) is 0 Å². The van der Waals surface area contributed by atoms with Crippen molar-refractivity contribution in [2.75, 3.05) is 19.8 Å². The molecule has 1 unspecified atom stereocenters. The van der Waals surface area contributed by atoms with Crippen molar-refractivity contribution in [1.29, 1.82) is 0 Å². The molecular weight excluding hydrogens is 218 g/mol. The van der Waals surface area contributed by atoms with E-state index in [2.05, 4.69) is 12.2 Å². The molecule has 0 bridgehead atoms. The average Bonchev–Trinajstić information content (AvgIpc) is 2.24. The maximum absolute atomic E-state index is 11.7. The largest absolute Gasteiger partial charge is 0.465 e. The lowest BCUT2D eigenvalue weighted by atomic mass is 10.1. The van der Waals surface area contributed by atoms with Crippen molar-refractivity contribution < 1.29 is 14.3 Å². The third kappa shape index (κ3) is 7.34. The number of ether oxygens (including phenoxy) is 2. The molecule has 1 atom stereocenters. The molecule has 0 saturated heterocycles. The summed E-state index contributed by atoms with van der Waals surface area (Å²) in [5, 5.41) is 3.23. The van der Waals surface area contributed by atoms with E-state index in [0.717, 1.165) is 12.8 Å². The van der Waals surface area contributed by atoms with Gasteiger partial charge in [0, 0.05) is 13.2 Å². The lowest BCUT2D eigenvalue weighted by molar-refractivity contribution is -0.146. The highest BCUT2D eigenvalue weighted by Crippen LogP contribution is 2.09. The normalized spacial score (nSPS) is 13.5. The molecule has 0 amide bonds. The monoisotopic (exact) mass is 245 g/mol. The Morgan fingerprint density at radius 2 is 1.88 bits per heavy atom. The van der Waals surface area contributed by atoms with Crippen molar-refractivity contribution in [3.05, 3.63) is 0 Å². The summed E-state index contributed by atoms with van der Waals surface area (Å²) in [6, 6.07) is -0.223. The molecule has 0 aliphatic heterocycles. The van der Waals surface area contributed by atoms with E-state index in [0.29, 0.717) is 19.8 Å². The van der Waals surface area contributed by atoms with Crippen LogP contribution in [0.4, 0.5) is 0 Å². The van der Waals surface area contributed by atoms with Gasteiger partial charge < -0.3 is 14.8 Å². The molecule has 4 nitrogen and oxygen atoms in total. The van der Waals surface area contributed by atoms with Gasteiger partial charge in [0.2, 0.25) is 0 Å². The third-order valence-corrected chi connectivity index (χ3v) is 2.46. The Morgan fingerprint density at radius 1 is 1.24 bits per heavy atom. The summed E-state index contributed by atoms with van der Waals surface area (Å²) in [5.74, 6) is -0.165. The Bertz CT molecular complexity index is 217. The zero-order chi connectivity index (χ0) is 13.3. The van der Waals surface area contributed by atoms with Crippen LogP contribution in [-0.2, 0) is 14.3 Å². The van der Waals surface area contributed by atoms with Crippen LogP contribution in [0.1, 0.15) is 47.5 Å². The van der Waals surface area contributed by atoms with Crippen LogP contribution in [0.25, 0.3) is 0 Å². The summed E-state index contributed by atoms with van der Waals surface area (Å²) in [6.07, 6.45) is 1.74. The van der Waals surface area contributed by atoms with E-state index in [1.54, 1.807) is 0 Å². The van der Waals surface area contributed by atoms with Crippen molar-refractivity contribution in [3.63, 3.8) is 0 Å². The van der Waals surface area contributed by atoms with E-state index >= 15 is 0 Å². The fourth-order valence-corrected chi connectivity index (χ4v) is 1.65. The molecule has 0 aromatic heterocycles. The molecule has 0 fully saturated rings. The maximum Gasteiger partial charge on any atom is 0.323 e. The minimum Gasteiger partial charge on any atom is -0.465 e. The number of carbonyl (C=O) groups excluding carboxylic acids is 1. The molecule has 0 aliphatic carbocycles. The van der Waals surface area contributed by atoms with Gasteiger partial charge in [-0.15, -0.1) is 0 Å². The maximum atomic E-state index is 11.7. The lowest BCUT2D eigenvalue weighted by Crippen LogP contribution is -2.46. The van der Waals surface area contributed by atoms with Crippen LogP contribution in [0.15, 0.2) is 0 Å². The molecule has 1 N–H and O–H groups in total. The Labute approximate surface area is 105 Å². The number of rotatable bonds is 9. The summed E-state index contributed by atoms with van der Waals surface area (Å²) in [7, 11) is 0. The van der Waals surface area contributed by atoms with E-state index in [9.17, 15) is 4.79 Å². The van der Waals surface area contributed by atoms with E-state index in [1.165, 1.54) is 0 Å². The van der Waals surface area contributed by atoms with E-state index in [-0.39, 0.29) is 17.6 Å². The summed E-state index contributed by atoms with van der Waals surface area (Å²) < 4.78 is 10.6. The zero-order valence-corrected chi connectivity index (χ0v) is 11.8. The van der Waals surface area contributed by atoms with E-state index < -0.39 is 0 Å². The predicted octanol–water partition coefficient (Wildman–Crippen LogP) is 2.12. The van der Waals surface area contributed by atoms with Gasteiger partial charge in [0.15, 0.2) is 0 Å². The fraction of sp³-hybridized carbons (Fsp3) is 0.923. The summed E-state index contributed by atoms with van der Waals surface area (Å²) in [4.78, 5) is 11.7. The molecule has 0 saturated carbocycles. The number of nitrogens with one attached hydrogen (secondary N) is 1. The SMILES string of the molecule is CCCC(NCC(C)(C)OCC)C(=O)OCC. The predicted molar refractivity (Wildman–Crippen MR) is 69.0 cm³/mol. The van der Waals surface area contributed by atoms with E-state index in [4.69, 9.17) is 9.47 Å². The molecule has 0 aromatic carbocycles. The van der Waals surface area contributed by atoms with Gasteiger partial charge in [-0.05, 0) is 34.1 Å². The molecule has 0 heterocycles. The van der Waals surface area contributed by atoms with Crippen LogP contribution < -0.4 is 5.32 Å². The lowest BCUT2D eigenvalue weighted by Gasteiger charge is -2.27. The van der Waals surface area contributed by atoms with Gasteiger partial charge in [-0.1, -0.05) is 13.3 Å². The second-order valence-electron chi connectivity index (χ2n) is 4.67. The molecule has 0 radical (unpaired) electrons. The molecule has 0 rings (SSSR count). The molecule has 102 valence electrons. The standard InChI is InChI=1S/C13H27NO3/c1-6-9-11(12(15)16-7-2)14-10-13(4,5)17-8-3/h11,14H,6-10H2,1-5H3. The van der Waals surface area contributed by atoms with Gasteiger partial charge in [-0.3, -0.25) is 4.79 Å².